The summed E-state index contributed by atoms with van der Waals surface area (Å²) in [7, 11) is 1.16. The van der Waals surface area contributed by atoms with E-state index < -0.39 is 34.8 Å². The van der Waals surface area contributed by atoms with Crippen molar-refractivity contribution in [1.82, 2.24) is 5.32 Å². The Balaban J connectivity index is 3.03. The summed E-state index contributed by atoms with van der Waals surface area (Å²) >= 11 is 0. The molecule has 1 aromatic carbocycles. The Morgan fingerprint density at radius 3 is 1.88 bits per heavy atom. The van der Waals surface area contributed by atoms with Gasteiger partial charge in [0.15, 0.2) is 0 Å². The van der Waals surface area contributed by atoms with Gasteiger partial charge in [0.25, 0.3) is 0 Å². The fraction of sp³-hybridized carbons (Fsp3) is 0.529. The third-order valence-corrected chi connectivity index (χ3v) is 3.47. The van der Waals surface area contributed by atoms with Crippen molar-refractivity contribution in [3.05, 3.63) is 35.4 Å². The second-order valence-corrected chi connectivity index (χ2v) is 6.75. The molecule has 140 valence electrons. The van der Waals surface area contributed by atoms with Crippen molar-refractivity contribution in [2.75, 3.05) is 13.7 Å². The van der Waals surface area contributed by atoms with Crippen LogP contribution in [0.5, 0.6) is 0 Å². The van der Waals surface area contributed by atoms with Crippen molar-refractivity contribution >= 4 is 12.1 Å². The van der Waals surface area contributed by atoms with E-state index in [0.717, 1.165) is 19.2 Å². The molecule has 1 aromatic rings. The molecule has 1 atom stereocenters. The SMILES string of the molecule is COC(=O)C(C)(CNC(=O)OC(C)(C)C)c1ccc(C(F)(F)F)cc1. The van der Waals surface area contributed by atoms with Crippen LogP contribution in [0, 0.1) is 0 Å². The molecule has 0 fully saturated rings. The van der Waals surface area contributed by atoms with E-state index in [2.05, 4.69) is 5.32 Å². The van der Waals surface area contributed by atoms with Crippen LogP contribution in [0.2, 0.25) is 0 Å². The Morgan fingerprint density at radius 2 is 1.48 bits per heavy atom. The van der Waals surface area contributed by atoms with E-state index in [1.54, 1.807) is 20.8 Å². The first-order valence-corrected chi connectivity index (χ1v) is 7.52. The maximum Gasteiger partial charge on any atom is 0.416 e. The number of ether oxygens (including phenoxy) is 2. The molecule has 0 saturated carbocycles. The van der Waals surface area contributed by atoms with E-state index in [4.69, 9.17) is 9.47 Å². The lowest BCUT2D eigenvalue weighted by Crippen LogP contribution is -2.46. The normalized spacial score (nSPS) is 14.4. The predicted octanol–water partition coefficient (Wildman–Crippen LogP) is 3.66. The minimum absolute atomic E-state index is 0.194. The number of methoxy groups -OCH3 is 1. The molecule has 1 rings (SSSR count). The molecule has 1 N–H and O–H groups in total. The van der Waals surface area contributed by atoms with Gasteiger partial charge in [-0.2, -0.15) is 13.2 Å². The van der Waals surface area contributed by atoms with Crippen LogP contribution in [0.1, 0.15) is 38.8 Å². The maximum absolute atomic E-state index is 12.7. The number of hydrogen-bond donors (Lipinski definition) is 1. The summed E-state index contributed by atoms with van der Waals surface area (Å²) in [6.45, 7) is 6.32. The van der Waals surface area contributed by atoms with Crippen molar-refractivity contribution in [3.63, 3.8) is 0 Å². The van der Waals surface area contributed by atoms with Gasteiger partial charge in [-0.1, -0.05) is 12.1 Å². The number of benzene rings is 1. The molecule has 1 unspecified atom stereocenters. The molecule has 0 aliphatic carbocycles. The minimum atomic E-state index is -4.48. The Morgan fingerprint density at radius 1 is 1.00 bits per heavy atom. The second kappa shape index (κ2) is 7.33. The highest BCUT2D eigenvalue weighted by atomic mass is 19.4. The summed E-state index contributed by atoms with van der Waals surface area (Å²) < 4.78 is 47.9. The molecule has 0 spiro atoms. The summed E-state index contributed by atoms with van der Waals surface area (Å²) in [6.07, 6.45) is -5.22. The summed E-state index contributed by atoms with van der Waals surface area (Å²) in [5, 5.41) is 2.45. The molecule has 1 amide bonds. The fourth-order valence-corrected chi connectivity index (χ4v) is 2.11. The fourth-order valence-electron chi connectivity index (χ4n) is 2.11. The first-order valence-electron chi connectivity index (χ1n) is 7.52. The zero-order valence-electron chi connectivity index (χ0n) is 14.8. The topological polar surface area (TPSA) is 64.6 Å². The Bertz CT molecular complexity index is 620. The summed E-state index contributed by atoms with van der Waals surface area (Å²) in [5.74, 6) is -0.691. The highest BCUT2D eigenvalue weighted by Gasteiger charge is 2.38. The molecule has 25 heavy (non-hydrogen) atoms. The van der Waals surface area contributed by atoms with Crippen LogP contribution < -0.4 is 5.32 Å². The number of rotatable bonds is 4. The Labute approximate surface area is 144 Å². The van der Waals surface area contributed by atoms with Crippen molar-refractivity contribution in [2.24, 2.45) is 0 Å². The van der Waals surface area contributed by atoms with Gasteiger partial charge in [-0.3, -0.25) is 4.79 Å². The van der Waals surface area contributed by atoms with Crippen LogP contribution in [0.15, 0.2) is 24.3 Å². The molecule has 0 aromatic heterocycles. The maximum atomic E-state index is 12.7. The highest BCUT2D eigenvalue weighted by Crippen LogP contribution is 2.32. The van der Waals surface area contributed by atoms with Crippen LogP contribution in [-0.2, 0) is 25.9 Å². The summed E-state index contributed by atoms with van der Waals surface area (Å²) in [4.78, 5) is 24.0. The van der Waals surface area contributed by atoms with E-state index in [0.29, 0.717) is 0 Å². The molecule has 5 nitrogen and oxygen atoms in total. The van der Waals surface area contributed by atoms with Crippen molar-refractivity contribution in [1.29, 1.82) is 0 Å². The number of alkyl carbamates (subject to hydrolysis) is 1. The van der Waals surface area contributed by atoms with Gasteiger partial charge >= 0.3 is 18.2 Å². The first-order chi connectivity index (χ1) is 11.3. The standard InChI is InChI=1S/C17H22F3NO4/c1-15(2,3)25-14(23)21-10-16(4,13(22)24-5)11-6-8-12(9-7-11)17(18,19)20/h6-9H,10H2,1-5H3,(H,21,23). The number of halogens is 3. The van der Waals surface area contributed by atoms with Crippen LogP contribution in [-0.4, -0.2) is 31.3 Å². The predicted molar refractivity (Wildman–Crippen MR) is 85.0 cm³/mol. The van der Waals surface area contributed by atoms with Crippen molar-refractivity contribution in [3.8, 4) is 0 Å². The van der Waals surface area contributed by atoms with Gasteiger partial charge in [-0.25, -0.2) is 4.79 Å². The van der Waals surface area contributed by atoms with Gasteiger partial charge in [0.1, 0.15) is 11.0 Å². The molecule has 0 radical (unpaired) electrons. The number of amides is 1. The highest BCUT2D eigenvalue weighted by molar-refractivity contribution is 5.84. The molecule has 0 heterocycles. The lowest BCUT2D eigenvalue weighted by molar-refractivity contribution is -0.146. The molecule has 8 heteroatoms. The lowest BCUT2D eigenvalue weighted by atomic mass is 9.82. The summed E-state index contributed by atoms with van der Waals surface area (Å²) in [5.41, 5.74) is -2.64. The van der Waals surface area contributed by atoms with Gasteiger partial charge in [-0.15, -0.1) is 0 Å². The molecule has 0 aliphatic heterocycles. The van der Waals surface area contributed by atoms with Gasteiger partial charge in [0.2, 0.25) is 0 Å². The zero-order valence-corrected chi connectivity index (χ0v) is 14.8. The molecule has 0 aliphatic rings. The Hall–Kier alpha value is -2.25. The number of alkyl halides is 3. The van der Waals surface area contributed by atoms with Crippen LogP contribution in [0.3, 0.4) is 0 Å². The van der Waals surface area contributed by atoms with E-state index in [1.807, 2.05) is 0 Å². The van der Waals surface area contributed by atoms with Crippen LogP contribution in [0.4, 0.5) is 18.0 Å². The minimum Gasteiger partial charge on any atom is -0.468 e. The molecule has 0 bridgehead atoms. The molecular weight excluding hydrogens is 339 g/mol. The quantitative estimate of drug-likeness (QED) is 0.832. The first kappa shape index (κ1) is 20.8. The van der Waals surface area contributed by atoms with Gasteiger partial charge in [0.05, 0.1) is 12.7 Å². The van der Waals surface area contributed by atoms with Crippen molar-refractivity contribution < 1.29 is 32.2 Å². The van der Waals surface area contributed by atoms with E-state index >= 15 is 0 Å². The van der Waals surface area contributed by atoms with Gasteiger partial charge in [0, 0.05) is 6.54 Å². The molecule has 0 saturated heterocycles. The second-order valence-electron chi connectivity index (χ2n) is 6.75. The lowest BCUT2D eigenvalue weighted by Gasteiger charge is -2.28. The van der Waals surface area contributed by atoms with Crippen LogP contribution in [0.25, 0.3) is 0 Å². The van der Waals surface area contributed by atoms with E-state index in [9.17, 15) is 22.8 Å². The number of nitrogens with one attached hydrogen (secondary N) is 1. The number of hydrogen-bond acceptors (Lipinski definition) is 4. The van der Waals surface area contributed by atoms with Gasteiger partial charge < -0.3 is 14.8 Å². The van der Waals surface area contributed by atoms with E-state index in [-0.39, 0.29) is 12.1 Å². The smallest absolute Gasteiger partial charge is 0.416 e. The van der Waals surface area contributed by atoms with Crippen LogP contribution >= 0.6 is 0 Å². The van der Waals surface area contributed by atoms with Crippen molar-refractivity contribution in [2.45, 2.75) is 44.9 Å². The third kappa shape index (κ3) is 5.65. The number of esters is 1. The van der Waals surface area contributed by atoms with Gasteiger partial charge in [-0.05, 0) is 45.4 Å². The largest absolute Gasteiger partial charge is 0.468 e. The summed E-state index contributed by atoms with van der Waals surface area (Å²) in [6, 6.07) is 4.14. The monoisotopic (exact) mass is 361 g/mol. The third-order valence-electron chi connectivity index (χ3n) is 3.47. The average molecular weight is 361 g/mol. The Kier molecular flexibility index (Phi) is 6.09. The number of carbonyl (C=O) groups is 2. The average Bonchev–Trinajstić information content (AvgIpc) is 2.49. The zero-order chi connectivity index (χ0) is 19.5. The number of carbonyl (C=O) groups excluding carboxylic acids is 2. The molecular formula is C17H22F3NO4. The van der Waals surface area contributed by atoms with E-state index in [1.165, 1.54) is 19.1 Å².